The number of nitrogens with one attached hydrogen (secondary N) is 1. The summed E-state index contributed by atoms with van der Waals surface area (Å²) in [7, 11) is -0.655. The lowest BCUT2D eigenvalue weighted by atomic mass is 10.0. The smallest absolute Gasteiger partial charge is 0.331 e. The number of hydrogen-bond donors (Lipinski definition) is 2. The molecule has 0 bridgehead atoms. The van der Waals surface area contributed by atoms with E-state index in [4.69, 9.17) is 25.5 Å². The predicted molar refractivity (Wildman–Crippen MR) is 139 cm³/mol. The van der Waals surface area contributed by atoms with Crippen LogP contribution in [0.1, 0.15) is 51.3 Å². The van der Waals surface area contributed by atoms with Gasteiger partial charge in [0, 0.05) is 11.6 Å². The highest BCUT2D eigenvalue weighted by Crippen LogP contribution is 2.37. The number of benzene rings is 2. The molecule has 0 saturated carbocycles. The molecule has 0 aliphatic rings. The first-order valence-electron chi connectivity index (χ1n) is 11.6. The number of hydrogen-bond acceptors (Lipinski definition) is 5. The van der Waals surface area contributed by atoms with E-state index < -0.39 is 26.2 Å². The van der Waals surface area contributed by atoms with E-state index in [2.05, 4.69) is 26.1 Å². The van der Waals surface area contributed by atoms with Crippen LogP contribution in [-0.4, -0.2) is 39.2 Å². The molecule has 0 radical (unpaired) electrons. The SMILES string of the molecule is COc1ccc(OCc2c(Cl)cc(F)cc2[C@H](C)NCCC(O[Si](C)(C)C(C)(C)C)C(=O)O)cc1. The molecular formula is C26H37ClFNO5Si. The molecule has 0 amide bonds. The summed E-state index contributed by atoms with van der Waals surface area (Å²) in [6.45, 7) is 12.7. The number of halogens is 2. The predicted octanol–water partition coefficient (Wildman–Crippen LogP) is 6.58. The molecule has 6 nitrogen and oxygen atoms in total. The Balaban J connectivity index is 2.08. The number of rotatable bonds is 12. The first kappa shape index (κ1) is 29.1. The number of carboxylic acids is 1. The Labute approximate surface area is 213 Å². The summed E-state index contributed by atoms with van der Waals surface area (Å²) in [4.78, 5) is 11.8. The van der Waals surface area contributed by atoms with Gasteiger partial charge in [-0.3, -0.25) is 0 Å². The molecule has 0 saturated heterocycles. The van der Waals surface area contributed by atoms with Crippen molar-refractivity contribution in [3.05, 3.63) is 58.4 Å². The largest absolute Gasteiger partial charge is 0.497 e. The van der Waals surface area contributed by atoms with Gasteiger partial charge in [-0.15, -0.1) is 0 Å². The van der Waals surface area contributed by atoms with E-state index in [1.807, 2.05) is 20.0 Å². The molecule has 1 unspecified atom stereocenters. The highest BCUT2D eigenvalue weighted by Gasteiger charge is 2.40. The van der Waals surface area contributed by atoms with E-state index in [1.54, 1.807) is 31.4 Å². The number of ether oxygens (including phenoxy) is 2. The van der Waals surface area contributed by atoms with Crippen molar-refractivity contribution in [1.29, 1.82) is 0 Å². The Morgan fingerprint density at radius 1 is 1.17 bits per heavy atom. The zero-order valence-corrected chi connectivity index (χ0v) is 23.3. The normalized spacial score (nSPS) is 13.9. The molecule has 2 aromatic carbocycles. The molecule has 194 valence electrons. The van der Waals surface area contributed by atoms with Crippen molar-refractivity contribution in [1.82, 2.24) is 5.32 Å². The first-order chi connectivity index (χ1) is 16.2. The molecule has 0 spiro atoms. The van der Waals surface area contributed by atoms with Crippen LogP contribution in [0.4, 0.5) is 4.39 Å². The van der Waals surface area contributed by atoms with Crippen LogP contribution >= 0.6 is 11.6 Å². The van der Waals surface area contributed by atoms with Gasteiger partial charge in [0.15, 0.2) is 8.32 Å². The summed E-state index contributed by atoms with van der Waals surface area (Å²) >= 11 is 6.37. The van der Waals surface area contributed by atoms with Gasteiger partial charge in [-0.1, -0.05) is 32.4 Å². The molecule has 2 N–H and O–H groups in total. The molecule has 2 rings (SSSR count). The molecule has 2 aromatic rings. The maximum atomic E-state index is 14.2. The van der Waals surface area contributed by atoms with Crippen molar-refractivity contribution in [2.24, 2.45) is 0 Å². The van der Waals surface area contributed by atoms with E-state index in [9.17, 15) is 14.3 Å². The maximum absolute atomic E-state index is 14.2. The van der Waals surface area contributed by atoms with Crippen LogP contribution in [0.15, 0.2) is 36.4 Å². The molecule has 0 aliphatic heterocycles. The van der Waals surface area contributed by atoms with E-state index in [-0.39, 0.29) is 29.1 Å². The van der Waals surface area contributed by atoms with Crippen LogP contribution in [0.2, 0.25) is 23.2 Å². The summed E-state index contributed by atoms with van der Waals surface area (Å²) in [6.07, 6.45) is -0.628. The minimum absolute atomic E-state index is 0.0987. The topological polar surface area (TPSA) is 77.0 Å². The second kappa shape index (κ2) is 12.2. The van der Waals surface area contributed by atoms with Crippen molar-refractivity contribution in [2.45, 2.75) is 71.0 Å². The summed E-state index contributed by atoms with van der Waals surface area (Å²) in [5, 5.41) is 13.2. The third kappa shape index (κ3) is 8.20. The molecule has 0 aliphatic carbocycles. The van der Waals surface area contributed by atoms with Gasteiger partial charge in [-0.2, -0.15) is 0 Å². The second-order valence-corrected chi connectivity index (χ2v) is 15.3. The van der Waals surface area contributed by atoms with Gasteiger partial charge in [0.1, 0.15) is 30.0 Å². The van der Waals surface area contributed by atoms with Crippen molar-refractivity contribution < 1.29 is 28.2 Å². The van der Waals surface area contributed by atoms with Gasteiger partial charge in [-0.05, 0) is 80.0 Å². The van der Waals surface area contributed by atoms with Crippen molar-refractivity contribution >= 4 is 25.9 Å². The molecule has 2 atom stereocenters. The number of methoxy groups -OCH3 is 1. The first-order valence-corrected chi connectivity index (χ1v) is 14.9. The monoisotopic (exact) mass is 525 g/mol. The van der Waals surface area contributed by atoms with Crippen LogP contribution in [0.5, 0.6) is 11.5 Å². The van der Waals surface area contributed by atoms with Gasteiger partial charge in [0.25, 0.3) is 0 Å². The average Bonchev–Trinajstić information content (AvgIpc) is 2.76. The molecule has 0 aromatic heterocycles. The average molecular weight is 526 g/mol. The van der Waals surface area contributed by atoms with Gasteiger partial charge < -0.3 is 24.3 Å². The fourth-order valence-corrected chi connectivity index (χ4v) is 4.85. The van der Waals surface area contributed by atoms with Gasteiger partial charge >= 0.3 is 5.97 Å². The van der Waals surface area contributed by atoms with Crippen LogP contribution < -0.4 is 14.8 Å². The minimum Gasteiger partial charge on any atom is -0.497 e. The summed E-state index contributed by atoms with van der Waals surface area (Å²) < 4.78 is 31.4. The minimum atomic E-state index is -2.24. The molecular weight excluding hydrogens is 489 g/mol. The van der Waals surface area contributed by atoms with Gasteiger partial charge in [0.2, 0.25) is 0 Å². The zero-order chi connectivity index (χ0) is 26.4. The Kier molecular flexibility index (Phi) is 10.2. The Hall–Kier alpha value is -2.13. The van der Waals surface area contributed by atoms with E-state index in [1.165, 1.54) is 12.1 Å². The third-order valence-corrected chi connectivity index (χ3v) is 11.3. The van der Waals surface area contributed by atoms with Crippen LogP contribution in [-0.2, 0) is 15.8 Å². The summed E-state index contributed by atoms with van der Waals surface area (Å²) in [6, 6.07) is 9.54. The second-order valence-electron chi connectivity index (χ2n) is 10.1. The molecule has 35 heavy (non-hydrogen) atoms. The Morgan fingerprint density at radius 3 is 2.31 bits per heavy atom. The van der Waals surface area contributed by atoms with Gasteiger partial charge in [-0.25, -0.2) is 9.18 Å². The highest BCUT2D eigenvalue weighted by molar-refractivity contribution is 6.74. The Bertz CT molecular complexity index is 994. The van der Waals surface area contributed by atoms with Crippen molar-refractivity contribution in [3.63, 3.8) is 0 Å². The fourth-order valence-electron chi connectivity index (χ4n) is 3.30. The fraction of sp³-hybridized carbons (Fsp3) is 0.500. The van der Waals surface area contributed by atoms with E-state index in [0.717, 1.165) is 0 Å². The number of carbonyl (C=O) groups is 1. The standard InChI is InChI=1S/C26H37ClFNO5Si/c1-17(29-13-12-24(25(30)31)34-35(6,7)26(2,3)4)21-14-18(28)15-23(27)22(21)16-33-20-10-8-19(32-5)9-11-20/h8-11,14-15,17,24,29H,12-13,16H2,1-7H3,(H,30,31)/t17-,24?/m0/s1. The molecule has 9 heteroatoms. The van der Waals surface area contributed by atoms with Crippen molar-refractivity contribution in [3.8, 4) is 11.5 Å². The summed E-state index contributed by atoms with van der Waals surface area (Å²) in [5.74, 6) is -0.0825. The van der Waals surface area contributed by atoms with E-state index in [0.29, 0.717) is 29.2 Å². The molecule has 0 heterocycles. The van der Waals surface area contributed by atoms with Crippen LogP contribution in [0.3, 0.4) is 0 Å². The molecule has 0 fully saturated rings. The number of carboxylic acid groups (broad SMARTS) is 1. The van der Waals surface area contributed by atoms with Crippen LogP contribution in [0, 0.1) is 5.82 Å². The number of aliphatic carboxylic acids is 1. The lowest BCUT2D eigenvalue weighted by Crippen LogP contribution is -2.46. The third-order valence-electron chi connectivity index (χ3n) is 6.48. The zero-order valence-electron chi connectivity index (χ0n) is 21.6. The van der Waals surface area contributed by atoms with Gasteiger partial charge in [0.05, 0.1) is 12.1 Å². The van der Waals surface area contributed by atoms with Crippen LogP contribution in [0.25, 0.3) is 0 Å². The lowest BCUT2D eigenvalue weighted by Gasteiger charge is -2.38. The Morgan fingerprint density at radius 2 is 1.77 bits per heavy atom. The van der Waals surface area contributed by atoms with E-state index >= 15 is 0 Å². The maximum Gasteiger partial charge on any atom is 0.331 e. The highest BCUT2D eigenvalue weighted by atomic mass is 35.5. The lowest BCUT2D eigenvalue weighted by molar-refractivity contribution is -0.145. The quantitative estimate of drug-likeness (QED) is 0.305. The van der Waals surface area contributed by atoms with Crippen molar-refractivity contribution in [2.75, 3.05) is 13.7 Å². The summed E-state index contributed by atoms with van der Waals surface area (Å²) in [5.41, 5.74) is 1.32.